The van der Waals surface area contributed by atoms with E-state index in [0.29, 0.717) is 12.6 Å². The van der Waals surface area contributed by atoms with Crippen LogP contribution in [-0.2, 0) is 17.8 Å². The third-order valence-corrected chi connectivity index (χ3v) is 7.43. The van der Waals surface area contributed by atoms with Crippen LogP contribution in [0.25, 0.3) is 10.9 Å². The molecule has 2 aliphatic heterocycles. The molecule has 0 saturated heterocycles. The van der Waals surface area contributed by atoms with Gasteiger partial charge in [-0.05, 0) is 43.0 Å². The van der Waals surface area contributed by atoms with E-state index in [1.165, 1.54) is 23.8 Å². The van der Waals surface area contributed by atoms with Crippen LogP contribution in [0.1, 0.15) is 53.5 Å². The van der Waals surface area contributed by atoms with E-state index in [2.05, 4.69) is 40.0 Å². The standard InChI is InChI=1S/C26H28N4O2/c1-28-21-12-6-5-11-20(21)26(32)29-15-14-19-18-10-4-7-13-22(18)30(24(19)25(28)29)16-23(31)27-17-8-2-3-9-17/h4-7,10-13,17,25H,2-3,8-9,14-16H2,1H3,(H,27,31)/t25-/m1/s1. The van der Waals surface area contributed by atoms with Crippen LogP contribution in [0.4, 0.5) is 5.69 Å². The lowest BCUT2D eigenvalue weighted by Gasteiger charge is -2.46. The average Bonchev–Trinajstić information content (AvgIpc) is 3.43. The van der Waals surface area contributed by atoms with Gasteiger partial charge in [-0.2, -0.15) is 0 Å². The molecule has 3 aliphatic rings. The predicted octanol–water partition coefficient (Wildman–Crippen LogP) is 3.85. The van der Waals surface area contributed by atoms with Crippen LogP contribution in [0.2, 0.25) is 0 Å². The summed E-state index contributed by atoms with van der Waals surface area (Å²) in [5.41, 5.74) is 5.09. The van der Waals surface area contributed by atoms with E-state index in [9.17, 15) is 9.59 Å². The highest BCUT2D eigenvalue weighted by molar-refractivity contribution is 6.02. The highest BCUT2D eigenvalue weighted by atomic mass is 16.2. The molecular formula is C26H28N4O2. The molecule has 6 nitrogen and oxygen atoms in total. The van der Waals surface area contributed by atoms with Gasteiger partial charge in [0.2, 0.25) is 5.91 Å². The van der Waals surface area contributed by atoms with E-state index in [1.54, 1.807) is 0 Å². The van der Waals surface area contributed by atoms with Gasteiger partial charge in [-0.15, -0.1) is 0 Å². The number of hydrogen-bond acceptors (Lipinski definition) is 3. The molecule has 1 atom stereocenters. The summed E-state index contributed by atoms with van der Waals surface area (Å²) in [6.45, 7) is 0.956. The molecule has 1 aliphatic carbocycles. The Kier molecular flexibility index (Phi) is 4.49. The second-order valence-electron chi connectivity index (χ2n) is 9.27. The zero-order valence-electron chi connectivity index (χ0n) is 18.4. The number of aromatic nitrogens is 1. The number of fused-ring (bicyclic) bond motifs is 6. The first-order valence-electron chi connectivity index (χ1n) is 11.7. The Balaban J connectivity index is 1.47. The van der Waals surface area contributed by atoms with Crippen LogP contribution in [-0.4, -0.2) is 40.9 Å². The number of carbonyl (C=O) groups excluding carboxylic acids is 2. The maximum Gasteiger partial charge on any atom is 0.257 e. The van der Waals surface area contributed by atoms with Crippen molar-refractivity contribution in [1.82, 2.24) is 14.8 Å². The summed E-state index contributed by atoms with van der Waals surface area (Å²) in [7, 11) is 2.05. The molecule has 1 saturated carbocycles. The van der Waals surface area contributed by atoms with Crippen LogP contribution in [0.5, 0.6) is 0 Å². The first kappa shape index (κ1) is 19.4. The minimum atomic E-state index is -0.215. The average molecular weight is 429 g/mol. The quantitative estimate of drug-likeness (QED) is 0.690. The molecule has 3 heterocycles. The topological polar surface area (TPSA) is 57.6 Å². The van der Waals surface area contributed by atoms with Crippen molar-refractivity contribution in [2.45, 2.75) is 50.9 Å². The third kappa shape index (κ3) is 2.85. The molecule has 2 amide bonds. The Morgan fingerprint density at radius 3 is 2.66 bits per heavy atom. The van der Waals surface area contributed by atoms with Crippen LogP contribution in [0, 0.1) is 0 Å². The number of para-hydroxylation sites is 2. The molecule has 0 unspecified atom stereocenters. The van der Waals surface area contributed by atoms with Crippen LogP contribution < -0.4 is 10.2 Å². The molecule has 2 aromatic carbocycles. The summed E-state index contributed by atoms with van der Waals surface area (Å²) in [4.78, 5) is 30.6. The summed E-state index contributed by atoms with van der Waals surface area (Å²) in [5, 5.41) is 4.43. The third-order valence-electron chi connectivity index (χ3n) is 7.43. The molecule has 1 aromatic heterocycles. The first-order valence-corrected chi connectivity index (χ1v) is 11.7. The number of anilines is 1. The Morgan fingerprint density at radius 1 is 1.06 bits per heavy atom. The van der Waals surface area contributed by atoms with E-state index in [1.807, 2.05) is 35.2 Å². The summed E-state index contributed by atoms with van der Waals surface area (Å²) in [6.07, 6.45) is 5.10. The predicted molar refractivity (Wildman–Crippen MR) is 125 cm³/mol. The zero-order valence-corrected chi connectivity index (χ0v) is 18.4. The maximum absolute atomic E-state index is 13.4. The normalized spacial score (nSPS) is 20.3. The number of nitrogens with one attached hydrogen (secondary N) is 1. The molecule has 1 fully saturated rings. The van der Waals surface area contributed by atoms with Gasteiger partial charge >= 0.3 is 0 Å². The van der Waals surface area contributed by atoms with E-state index >= 15 is 0 Å². The summed E-state index contributed by atoms with van der Waals surface area (Å²) >= 11 is 0. The highest BCUT2D eigenvalue weighted by Crippen LogP contribution is 2.44. The number of amides is 2. The van der Waals surface area contributed by atoms with Gasteiger partial charge in [0.15, 0.2) is 0 Å². The molecule has 0 spiro atoms. The van der Waals surface area contributed by atoms with Crippen LogP contribution in [0.3, 0.4) is 0 Å². The SMILES string of the molecule is CN1c2ccccc2C(=O)N2CCc3c(n(CC(=O)NC4CCCC4)c4ccccc34)[C@@H]21. The number of hydrogen-bond donors (Lipinski definition) is 1. The molecule has 164 valence electrons. The molecule has 3 aromatic rings. The van der Waals surface area contributed by atoms with Gasteiger partial charge < -0.3 is 19.7 Å². The van der Waals surface area contributed by atoms with Gasteiger partial charge in [0, 0.05) is 30.5 Å². The molecule has 6 rings (SSSR count). The Morgan fingerprint density at radius 2 is 1.81 bits per heavy atom. The van der Waals surface area contributed by atoms with Gasteiger partial charge in [-0.3, -0.25) is 9.59 Å². The van der Waals surface area contributed by atoms with Crippen molar-refractivity contribution >= 4 is 28.4 Å². The van der Waals surface area contributed by atoms with Crippen molar-refractivity contribution in [2.24, 2.45) is 0 Å². The van der Waals surface area contributed by atoms with Gasteiger partial charge in [0.25, 0.3) is 5.91 Å². The van der Waals surface area contributed by atoms with Crippen molar-refractivity contribution < 1.29 is 9.59 Å². The molecule has 0 radical (unpaired) electrons. The number of benzene rings is 2. The molecule has 32 heavy (non-hydrogen) atoms. The summed E-state index contributed by atoms with van der Waals surface area (Å²) in [6, 6.07) is 16.4. The Hall–Kier alpha value is -3.28. The molecule has 1 N–H and O–H groups in total. The summed E-state index contributed by atoms with van der Waals surface area (Å²) in [5.74, 6) is 0.129. The lowest BCUT2D eigenvalue weighted by atomic mass is 9.96. The van der Waals surface area contributed by atoms with E-state index in [-0.39, 0.29) is 24.5 Å². The van der Waals surface area contributed by atoms with Crippen molar-refractivity contribution in [3.63, 3.8) is 0 Å². The second kappa shape index (κ2) is 7.40. The van der Waals surface area contributed by atoms with Gasteiger partial charge in [-0.1, -0.05) is 43.2 Å². The van der Waals surface area contributed by atoms with E-state index < -0.39 is 0 Å². The number of carbonyl (C=O) groups is 2. The minimum absolute atomic E-state index is 0.0581. The van der Waals surface area contributed by atoms with E-state index in [0.717, 1.165) is 41.7 Å². The monoisotopic (exact) mass is 428 g/mol. The maximum atomic E-state index is 13.4. The molecule has 6 heteroatoms. The first-order chi connectivity index (χ1) is 15.6. The fraction of sp³-hybridized carbons (Fsp3) is 0.385. The Bertz CT molecular complexity index is 1220. The van der Waals surface area contributed by atoms with Crippen molar-refractivity contribution in [3.8, 4) is 0 Å². The fourth-order valence-electron chi connectivity index (χ4n) is 5.97. The van der Waals surface area contributed by atoms with Crippen molar-refractivity contribution in [2.75, 3.05) is 18.5 Å². The number of nitrogens with zero attached hydrogens (tertiary/aromatic N) is 3. The second-order valence-corrected chi connectivity index (χ2v) is 9.27. The van der Waals surface area contributed by atoms with Crippen LogP contribution in [0.15, 0.2) is 48.5 Å². The van der Waals surface area contributed by atoms with Gasteiger partial charge in [0.1, 0.15) is 12.7 Å². The summed E-state index contributed by atoms with van der Waals surface area (Å²) < 4.78 is 2.16. The molecule has 0 bridgehead atoms. The van der Waals surface area contributed by atoms with Crippen molar-refractivity contribution in [3.05, 3.63) is 65.4 Å². The number of rotatable bonds is 3. The highest BCUT2D eigenvalue weighted by Gasteiger charge is 2.42. The minimum Gasteiger partial charge on any atom is -0.352 e. The largest absolute Gasteiger partial charge is 0.352 e. The van der Waals surface area contributed by atoms with Crippen LogP contribution >= 0.6 is 0 Å². The smallest absolute Gasteiger partial charge is 0.257 e. The van der Waals surface area contributed by atoms with Gasteiger partial charge in [-0.25, -0.2) is 0 Å². The zero-order chi connectivity index (χ0) is 21.8. The lowest BCUT2D eigenvalue weighted by molar-refractivity contribution is -0.122. The van der Waals surface area contributed by atoms with E-state index in [4.69, 9.17) is 0 Å². The Labute approximate surface area is 187 Å². The molecular weight excluding hydrogens is 400 g/mol. The fourth-order valence-corrected chi connectivity index (χ4v) is 5.97. The lowest BCUT2D eigenvalue weighted by Crippen LogP contribution is -2.51. The van der Waals surface area contributed by atoms with Crippen molar-refractivity contribution in [1.29, 1.82) is 0 Å². The van der Waals surface area contributed by atoms with Gasteiger partial charge in [0.05, 0.1) is 16.9 Å².